The van der Waals surface area contributed by atoms with Gasteiger partial charge in [-0.2, -0.15) is 24.5 Å². The van der Waals surface area contributed by atoms with Crippen LogP contribution >= 0.6 is 11.3 Å². The number of carboxylic acid groups (broad SMARTS) is 1. The van der Waals surface area contributed by atoms with Crippen molar-refractivity contribution in [1.82, 2.24) is 5.32 Å². The molecular formula is C13H16F3NO4S. The maximum atomic E-state index is 12.8. The lowest BCUT2D eigenvalue weighted by atomic mass is 10.0. The number of alkyl carbamates (subject to hydrolysis) is 1. The van der Waals surface area contributed by atoms with Crippen molar-refractivity contribution in [3.05, 3.63) is 21.9 Å². The molecule has 0 saturated carbocycles. The normalized spacial score (nSPS) is 13.5. The first-order valence-corrected chi connectivity index (χ1v) is 7.19. The van der Waals surface area contributed by atoms with Crippen LogP contribution in [0.25, 0.3) is 0 Å². The van der Waals surface area contributed by atoms with E-state index in [2.05, 4.69) is 5.32 Å². The van der Waals surface area contributed by atoms with Crippen molar-refractivity contribution in [3.63, 3.8) is 0 Å². The number of hydrogen-bond acceptors (Lipinski definition) is 4. The third-order valence-corrected chi connectivity index (χ3v) is 3.25. The smallest absolute Gasteiger partial charge is 0.417 e. The molecule has 1 atom stereocenters. The molecule has 22 heavy (non-hydrogen) atoms. The average molecular weight is 339 g/mol. The minimum Gasteiger partial charge on any atom is -0.480 e. The molecule has 0 bridgehead atoms. The predicted octanol–water partition coefficient (Wildman–Crippen LogP) is 3.29. The number of amides is 1. The Morgan fingerprint density at radius 3 is 2.36 bits per heavy atom. The number of halogens is 3. The quantitative estimate of drug-likeness (QED) is 0.883. The lowest BCUT2D eigenvalue weighted by Crippen LogP contribution is -2.44. The first kappa shape index (κ1) is 18.3. The fraction of sp³-hybridized carbons (Fsp3) is 0.538. The lowest BCUT2D eigenvalue weighted by molar-refractivity contribution is -0.141. The molecule has 1 heterocycles. The number of thiophene rings is 1. The van der Waals surface area contributed by atoms with E-state index in [1.54, 1.807) is 20.8 Å². The Bertz CT molecular complexity index is 548. The highest BCUT2D eigenvalue weighted by molar-refractivity contribution is 7.08. The number of hydrogen-bond donors (Lipinski definition) is 2. The first-order valence-electron chi connectivity index (χ1n) is 6.24. The molecule has 0 saturated heterocycles. The standard InChI is InChI=1S/C13H16F3NO4S/c1-12(2,3)21-11(20)17-9(10(18)19)4-7-5-22-6-8(7)13(14,15)16/h5-6,9H,4H2,1-3H3,(H,17,20)(H,18,19). The summed E-state index contributed by atoms with van der Waals surface area (Å²) in [5.41, 5.74) is -1.91. The van der Waals surface area contributed by atoms with Gasteiger partial charge in [0.2, 0.25) is 0 Å². The number of carbonyl (C=O) groups is 2. The lowest BCUT2D eigenvalue weighted by Gasteiger charge is -2.22. The minimum absolute atomic E-state index is 0.180. The molecule has 1 rings (SSSR count). The summed E-state index contributed by atoms with van der Waals surface area (Å²) in [7, 11) is 0. The van der Waals surface area contributed by atoms with Crippen LogP contribution in [0, 0.1) is 0 Å². The van der Waals surface area contributed by atoms with Gasteiger partial charge in [0, 0.05) is 11.8 Å². The molecule has 1 unspecified atom stereocenters. The molecule has 0 spiro atoms. The second kappa shape index (κ2) is 6.55. The van der Waals surface area contributed by atoms with Gasteiger partial charge in [-0.05, 0) is 31.7 Å². The van der Waals surface area contributed by atoms with Gasteiger partial charge < -0.3 is 15.2 Å². The zero-order chi connectivity index (χ0) is 17.1. The fourth-order valence-corrected chi connectivity index (χ4v) is 2.48. The Morgan fingerprint density at radius 1 is 1.32 bits per heavy atom. The number of carboxylic acids is 1. The molecule has 9 heteroatoms. The summed E-state index contributed by atoms with van der Waals surface area (Å²) in [5, 5.41) is 13.3. The van der Waals surface area contributed by atoms with Crippen molar-refractivity contribution >= 4 is 23.4 Å². The molecule has 1 aromatic rings. The van der Waals surface area contributed by atoms with Gasteiger partial charge in [-0.1, -0.05) is 0 Å². The number of rotatable bonds is 4. The van der Waals surface area contributed by atoms with Gasteiger partial charge in [0.25, 0.3) is 0 Å². The van der Waals surface area contributed by atoms with Crippen LogP contribution in [0.15, 0.2) is 10.8 Å². The molecule has 0 fully saturated rings. The molecule has 0 aliphatic rings. The highest BCUT2D eigenvalue weighted by Crippen LogP contribution is 2.34. The molecule has 0 aromatic carbocycles. The largest absolute Gasteiger partial charge is 0.480 e. The minimum atomic E-state index is -4.57. The third kappa shape index (κ3) is 5.55. The summed E-state index contributed by atoms with van der Waals surface area (Å²) in [4.78, 5) is 22.7. The summed E-state index contributed by atoms with van der Waals surface area (Å²) in [6, 6.07) is -1.51. The highest BCUT2D eigenvalue weighted by Gasteiger charge is 2.35. The fourth-order valence-electron chi connectivity index (χ4n) is 1.60. The summed E-state index contributed by atoms with van der Waals surface area (Å²) < 4.78 is 43.2. The van der Waals surface area contributed by atoms with E-state index >= 15 is 0 Å². The monoisotopic (exact) mass is 339 g/mol. The molecule has 0 aliphatic heterocycles. The molecule has 5 nitrogen and oxygen atoms in total. The topological polar surface area (TPSA) is 75.6 Å². The van der Waals surface area contributed by atoms with E-state index in [-0.39, 0.29) is 5.56 Å². The number of alkyl halides is 3. The van der Waals surface area contributed by atoms with Crippen molar-refractivity contribution in [3.8, 4) is 0 Å². The number of carbonyl (C=O) groups excluding carboxylic acids is 1. The maximum Gasteiger partial charge on any atom is 0.417 e. The highest BCUT2D eigenvalue weighted by atomic mass is 32.1. The Kier molecular flexibility index (Phi) is 5.44. The summed E-state index contributed by atoms with van der Waals surface area (Å²) in [6.07, 6.45) is -6.04. The van der Waals surface area contributed by atoms with Gasteiger partial charge in [-0.25, -0.2) is 9.59 Å². The van der Waals surface area contributed by atoms with Crippen molar-refractivity contribution < 1.29 is 32.6 Å². The van der Waals surface area contributed by atoms with Crippen LogP contribution in [0.5, 0.6) is 0 Å². The molecule has 2 N–H and O–H groups in total. The predicted molar refractivity (Wildman–Crippen MR) is 73.8 cm³/mol. The molecule has 1 amide bonds. The van der Waals surface area contributed by atoms with E-state index in [0.717, 1.165) is 16.7 Å². The van der Waals surface area contributed by atoms with E-state index in [0.29, 0.717) is 0 Å². The second-order valence-electron chi connectivity index (χ2n) is 5.55. The second-order valence-corrected chi connectivity index (χ2v) is 6.29. The molecule has 0 aliphatic carbocycles. The molecular weight excluding hydrogens is 323 g/mol. The van der Waals surface area contributed by atoms with E-state index in [1.165, 1.54) is 5.38 Å². The van der Waals surface area contributed by atoms with E-state index in [1.807, 2.05) is 0 Å². The van der Waals surface area contributed by atoms with Gasteiger partial charge in [-0.15, -0.1) is 0 Å². The molecule has 0 radical (unpaired) electrons. The van der Waals surface area contributed by atoms with Crippen molar-refractivity contribution in [2.45, 2.75) is 45.0 Å². The third-order valence-electron chi connectivity index (χ3n) is 2.46. The van der Waals surface area contributed by atoms with Gasteiger partial charge in [0.15, 0.2) is 0 Å². The van der Waals surface area contributed by atoms with Crippen LogP contribution in [0.1, 0.15) is 31.9 Å². The van der Waals surface area contributed by atoms with Gasteiger partial charge in [-0.3, -0.25) is 0 Å². The van der Waals surface area contributed by atoms with Crippen LogP contribution in [0.3, 0.4) is 0 Å². The molecule has 1 aromatic heterocycles. The van der Waals surface area contributed by atoms with E-state index < -0.39 is 41.9 Å². The van der Waals surface area contributed by atoms with Crippen molar-refractivity contribution in [1.29, 1.82) is 0 Å². The van der Waals surface area contributed by atoms with Crippen molar-refractivity contribution in [2.24, 2.45) is 0 Å². The summed E-state index contributed by atoms with van der Waals surface area (Å²) in [5.74, 6) is -1.44. The van der Waals surface area contributed by atoms with Gasteiger partial charge in [0.1, 0.15) is 11.6 Å². The molecule has 124 valence electrons. The van der Waals surface area contributed by atoms with Crippen LogP contribution in [0.4, 0.5) is 18.0 Å². The van der Waals surface area contributed by atoms with Gasteiger partial charge in [0.05, 0.1) is 5.56 Å². The Labute approximate surface area is 129 Å². The zero-order valence-corrected chi connectivity index (χ0v) is 13.0. The Morgan fingerprint density at radius 2 is 1.91 bits per heavy atom. The maximum absolute atomic E-state index is 12.8. The number of ether oxygens (including phenoxy) is 1. The van der Waals surface area contributed by atoms with Crippen molar-refractivity contribution in [2.75, 3.05) is 0 Å². The van der Waals surface area contributed by atoms with Crippen LogP contribution < -0.4 is 5.32 Å². The Hall–Kier alpha value is -1.77. The average Bonchev–Trinajstić information content (AvgIpc) is 2.73. The van der Waals surface area contributed by atoms with Crippen LogP contribution in [-0.2, 0) is 22.1 Å². The number of aliphatic carboxylic acids is 1. The summed E-state index contributed by atoms with van der Waals surface area (Å²) >= 11 is 0.819. The van der Waals surface area contributed by atoms with Crippen LogP contribution in [-0.4, -0.2) is 28.8 Å². The SMILES string of the molecule is CC(C)(C)OC(=O)NC(Cc1cscc1C(F)(F)F)C(=O)O. The zero-order valence-electron chi connectivity index (χ0n) is 12.2. The van der Waals surface area contributed by atoms with E-state index in [9.17, 15) is 22.8 Å². The van der Waals surface area contributed by atoms with Crippen LogP contribution in [0.2, 0.25) is 0 Å². The van der Waals surface area contributed by atoms with Gasteiger partial charge >= 0.3 is 18.2 Å². The summed E-state index contributed by atoms with van der Waals surface area (Å²) in [6.45, 7) is 4.76. The number of nitrogens with one attached hydrogen (secondary N) is 1. The Balaban J connectivity index is 2.84. The first-order chi connectivity index (χ1) is 9.90. The van der Waals surface area contributed by atoms with E-state index in [4.69, 9.17) is 9.84 Å².